The van der Waals surface area contributed by atoms with Gasteiger partial charge in [0.15, 0.2) is 0 Å². The third-order valence-electron chi connectivity index (χ3n) is 3.25. The molecule has 106 valence electrons. The van der Waals surface area contributed by atoms with Gasteiger partial charge in [0.05, 0.1) is 0 Å². The topological polar surface area (TPSA) is 24.9 Å². The average Bonchev–Trinajstić information content (AvgIpc) is 2.46. The van der Waals surface area contributed by atoms with Crippen molar-refractivity contribution in [2.75, 3.05) is 6.54 Å². The predicted molar refractivity (Wildman–Crippen MR) is 87.9 cm³/mol. The van der Waals surface area contributed by atoms with Gasteiger partial charge in [0.2, 0.25) is 0 Å². The van der Waals surface area contributed by atoms with E-state index < -0.39 is 0 Å². The zero-order chi connectivity index (χ0) is 14.2. The Morgan fingerprint density at radius 1 is 1.10 bits per heavy atom. The van der Waals surface area contributed by atoms with Crippen LogP contribution in [0.2, 0.25) is 0 Å². The Morgan fingerprint density at radius 3 is 2.55 bits per heavy atom. The molecule has 1 aromatic carbocycles. The maximum atomic E-state index is 4.25. The van der Waals surface area contributed by atoms with Crippen LogP contribution in [0.1, 0.15) is 24.5 Å². The van der Waals surface area contributed by atoms with Crippen LogP contribution in [-0.4, -0.2) is 17.6 Å². The second-order valence-corrected chi connectivity index (χ2v) is 5.97. The molecule has 2 nitrogen and oxygen atoms in total. The predicted octanol–water partition coefficient (Wildman–Crippen LogP) is 4.00. The Balaban J connectivity index is 2.03. The Bertz CT molecular complexity index is 513. The van der Waals surface area contributed by atoms with Crippen molar-refractivity contribution in [1.29, 1.82) is 0 Å². The molecule has 1 unspecified atom stereocenters. The van der Waals surface area contributed by atoms with Crippen molar-refractivity contribution >= 4 is 15.9 Å². The molecule has 1 heterocycles. The lowest BCUT2D eigenvalue weighted by Crippen LogP contribution is -2.33. The highest BCUT2D eigenvalue weighted by atomic mass is 79.9. The summed E-state index contributed by atoms with van der Waals surface area (Å²) in [6.07, 6.45) is 6.99. The third kappa shape index (κ3) is 5.06. The summed E-state index contributed by atoms with van der Waals surface area (Å²) < 4.78 is 1.05. The molecule has 0 saturated heterocycles. The quantitative estimate of drug-likeness (QED) is 0.828. The van der Waals surface area contributed by atoms with Crippen LogP contribution >= 0.6 is 15.9 Å². The van der Waals surface area contributed by atoms with Crippen molar-refractivity contribution in [2.45, 2.75) is 32.2 Å². The minimum absolute atomic E-state index is 0.452. The fourth-order valence-electron chi connectivity index (χ4n) is 2.32. The number of nitrogens with one attached hydrogen (secondary N) is 1. The van der Waals surface area contributed by atoms with Crippen LogP contribution in [0, 0.1) is 0 Å². The lowest BCUT2D eigenvalue weighted by molar-refractivity contribution is 0.504. The maximum absolute atomic E-state index is 4.25. The molecule has 0 aliphatic rings. The lowest BCUT2D eigenvalue weighted by atomic mass is 10.00. The van der Waals surface area contributed by atoms with Crippen molar-refractivity contribution in [3.05, 3.63) is 64.4 Å². The minimum Gasteiger partial charge on any atom is -0.313 e. The molecule has 0 amide bonds. The van der Waals surface area contributed by atoms with Crippen LogP contribution in [0.15, 0.2) is 53.3 Å². The van der Waals surface area contributed by atoms with E-state index in [9.17, 15) is 0 Å². The molecule has 0 radical (unpaired) electrons. The number of hydrogen-bond acceptors (Lipinski definition) is 2. The second kappa shape index (κ2) is 8.18. The summed E-state index contributed by atoms with van der Waals surface area (Å²) in [4.78, 5) is 4.25. The van der Waals surface area contributed by atoms with E-state index >= 15 is 0 Å². The summed E-state index contributed by atoms with van der Waals surface area (Å²) in [6, 6.07) is 13.3. The van der Waals surface area contributed by atoms with Crippen LogP contribution in [0.5, 0.6) is 0 Å². The van der Waals surface area contributed by atoms with Gasteiger partial charge < -0.3 is 5.32 Å². The summed E-state index contributed by atoms with van der Waals surface area (Å²) >= 11 is 3.49. The molecule has 0 fully saturated rings. The van der Waals surface area contributed by atoms with E-state index in [1.165, 1.54) is 11.1 Å². The number of nitrogens with zero attached hydrogens (tertiary/aromatic N) is 1. The van der Waals surface area contributed by atoms with Gasteiger partial charge in [-0.05, 0) is 58.9 Å². The first-order chi connectivity index (χ1) is 9.78. The van der Waals surface area contributed by atoms with Gasteiger partial charge in [-0.2, -0.15) is 0 Å². The van der Waals surface area contributed by atoms with E-state index in [0.717, 1.165) is 30.3 Å². The summed E-state index contributed by atoms with van der Waals surface area (Å²) in [5.41, 5.74) is 2.65. The molecule has 2 rings (SSSR count). The number of hydrogen-bond donors (Lipinski definition) is 1. The largest absolute Gasteiger partial charge is 0.313 e. The van der Waals surface area contributed by atoms with Crippen LogP contribution < -0.4 is 5.32 Å². The first-order valence-corrected chi connectivity index (χ1v) is 7.94. The molecule has 0 spiro atoms. The van der Waals surface area contributed by atoms with Gasteiger partial charge in [-0.1, -0.05) is 37.3 Å². The Labute approximate surface area is 129 Å². The first-order valence-electron chi connectivity index (χ1n) is 7.14. The molecular weight excluding hydrogens is 312 g/mol. The van der Waals surface area contributed by atoms with Crippen LogP contribution in [0.3, 0.4) is 0 Å². The highest BCUT2D eigenvalue weighted by Gasteiger charge is 2.10. The van der Waals surface area contributed by atoms with Crippen molar-refractivity contribution in [3.8, 4) is 0 Å². The van der Waals surface area contributed by atoms with Gasteiger partial charge in [0, 0.05) is 22.9 Å². The van der Waals surface area contributed by atoms with E-state index in [1.54, 1.807) is 0 Å². The molecule has 0 aliphatic heterocycles. The molecule has 2 aromatic rings. The second-order valence-electron chi connectivity index (χ2n) is 5.06. The standard InChI is InChI=1S/C17H21BrN2/c1-2-8-20-17(10-14-6-4-3-5-7-14)11-15-9-16(18)13-19-12-15/h3-7,9,12-13,17,20H,2,8,10-11H2,1H3. The Hall–Kier alpha value is -1.19. The number of benzene rings is 1. The monoisotopic (exact) mass is 332 g/mol. The summed E-state index contributed by atoms with van der Waals surface area (Å²) in [7, 11) is 0. The fraction of sp³-hybridized carbons (Fsp3) is 0.353. The zero-order valence-corrected chi connectivity index (χ0v) is 13.4. The van der Waals surface area contributed by atoms with Crippen molar-refractivity contribution < 1.29 is 0 Å². The number of aromatic nitrogens is 1. The molecule has 20 heavy (non-hydrogen) atoms. The van der Waals surface area contributed by atoms with E-state index in [2.05, 4.69) is 69.6 Å². The van der Waals surface area contributed by atoms with Gasteiger partial charge in [-0.25, -0.2) is 0 Å². The normalized spacial score (nSPS) is 12.3. The van der Waals surface area contributed by atoms with E-state index in [-0.39, 0.29) is 0 Å². The van der Waals surface area contributed by atoms with E-state index in [1.807, 2.05) is 12.4 Å². The van der Waals surface area contributed by atoms with Gasteiger partial charge in [-0.15, -0.1) is 0 Å². The highest BCUT2D eigenvalue weighted by Crippen LogP contribution is 2.13. The van der Waals surface area contributed by atoms with Crippen molar-refractivity contribution in [2.24, 2.45) is 0 Å². The Morgan fingerprint density at radius 2 is 1.85 bits per heavy atom. The van der Waals surface area contributed by atoms with Gasteiger partial charge in [0.25, 0.3) is 0 Å². The molecule has 1 N–H and O–H groups in total. The molecule has 0 aliphatic carbocycles. The van der Waals surface area contributed by atoms with E-state index in [0.29, 0.717) is 6.04 Å². The zero-order valence-electron chi connectivity index (χ0n) is 11.8. The van der Waals surface area contributed by atoms with Gasteiger partial charge in [0.1, 0.15) is 0 Å². The third-order valence-corrected chi connectivity index (χ3v) is 3.69. The van der Waals surface area contributed by atoms with Crippen LogP contribution in [-0.2, 0) is 12.8 Å². The smallest absolute Gasteiger partial charge is 0.0410 e. The number of pyridine rings is 1. The minimum atomic E-state index is 0.452. The van der Waals surface area contributed by atoms with Crippen molar-refractivity contribution in [3.63, 3.8) is 0 Å². The molecule has 1 aromatic heterocycles. The van der Waals surface area contributed by atoms with Crippen molar-refractivity contribution in [1.82, 2.24) is 10.3 Å². The number of rotatable bonds is 7. The van der Waals surface area contributed by atoms with E-state index in [4.69, 9.17) is 0 Å². The van der Waals surface area contributed by atoms with Crippen LogP contribution in [0.25, 0.3) is 0 Å². The fourth-order valence-corrected chi connectivity index (χ4v) is 2.73. The first kappa shape index (κ1) is 15.2. The maximum Gasteiger partial charge on any atom is 0.0410 e. The lowest BCUT2D eigenvalue weighted by Gasteiger charge is -2.19. The average molecular weight is 333 g/mol. The Kier molecular flexibility index (Phi) is 6.22. The molecule has 1 atom stereocenters. The summed E-state index contributed by atoms with van der Waals surface area (Å²) in [5, 5.41) is 3.64. The SMILES string of the molecule is CCCNC(Cc1ccccc1)Cc1cncc(Br)c1. The van der Waals surface area contributed by atoms with Gasteiger partial charge >= 0.3 is 0 Å². The molecule has 0 bridgehead atoms. The number of halogens is 1. The summed E-state index contributed by atoms with van der Waals surface area (Å²) in [6.45, 7) is 3.26. The molecular formula is C17H21BrN2. The molecule has 3 heteroatoms. The highest BCUT2D eigenvalue weighted by molar-refractivity contribution is 9.10. The molecule has 0 saturated carbocycles. The van der Waals surface area contributed by atoms with Crippen LogP contribution in [0.4, 0.5) is 0 Å². The summed E-state index contributed by atoms with van der Waals surface area (Å²) in [5.74, 6) is 0. The van der Waals surface area contributed by atoms with Gasteiger partial charge in [-0.3, -0.25) is 4.98 Å².